The van der Waals surface area contributed by atoms with Gasteiger partial charge in [-0.05, 0) is 38.6 Å². The number of benzene rings is 1. The van der Waals surface area contributed by atoms with Gasteiger partial charge in [-0.25, -0.2) is 0 Å². The third kappa shape index (κ3) is 4.86. The first-order valence-corrected chi connectivity index (χ1v) is 10.5. The molecule has 28 heavy (non-hydrogen) atoms. The van der Waals surface area contributed by atoms with Crippen molar-refractivity contribution in [3.8, 4) is 0 Å². The van der Waals surface area contributed by atoms with Crippen LogP contribution in [0.15, 0.2) is 30.3 Å². The Morgan fingerprint density at radius 1 is 1.07 bits per heavy atom. The number of likely N-dealkylation sites (N-methyl/N-ethyl adjacent to an activating group) is 1. The molecule has 0 fully saturated rings. The maximum Gasteiger partial charge on any atom is 0.0707 e. The molecule has 5 heteroatoms. The Balaban J connectivity index is 0.00000280. The molecule has 0 aliphatic carbocycles. The van der Waals surface area contributed by atoms with Gasteiger partial charge < -0.3 is 14.8 Å². The Morgan fingerprint density at radius 2 is 1.82 bits per heavy atom. The number of nitrogens with zero attached hydrogens (tertiary/aromatic N) is 3. The smallest absolute Gasteiger partial charge is 0.0707 e. The molecule has 0 spiro atoms. The van der Waals surface area contributed by atoms with Crippen LogP contribution in [0.3, 0.4) is 0 Å². The molecule has 0 saturated carbocycles. The molecular weight excluding hydrogens is 368 g/mol. The zero-order valence-electron chi connectivity index (χ0n) is 17.8. The van der Waals surface area contributed by atoms with Crippen molar-refractivity contribution in [1.29, 1.82) is 0 Å². The minimum absolute atomic E-state index is 0. The summed E-state index contributed by atoms with van der Waals surface area (Å²) in [7, 11) is 0. The predicted molar refractivity (Wildman–Crippen MR) is 124 cm³/mol. The van der Waals surface area contributed by atoms with Crippen LogP contribution in [0.5, 0.6) is 0 Å². The van der Waals surface area contributed by atoms with Gasteiger partial charge >= 0.3 is 0 Å². The topological polar surface area (TPSA) is 33.1 Å². The summed E-state index contributed by atoms with van der Waals surface area (Å²) >= 11 is 0. The van der Waals surface area contributed by atoms with E-state index in [2.05, 4.69) is 72.8 Å². The van der Waals surface area contributed by atoms with Gasteiger partial charge in [-0.1, -0.05) is 45.4 Å². The van der Waals surface area contributed by atoms with Crippen LogP contribution in [-0.4, -0.2) is 40.6 Å². The zero-order chi connectivity index (χ0) is 19.2. The van der Waals surface area contributed by atoms with E-state index in [1.807, 2.05) is 0 Å². The van der Waals surface area contributed by atoms with Gasteiger partial charge in [0.2, 0.25) is 0 Å². The quantitative estimate of drug-likeness (QED) is 0.476. The van der Waals surface area contributed by atoms with Crippen molar-refractivity contribution >= 4 is 34.2 Å². The van der Waals surface area contributed by atoms with Crippen LogP contribution in [0, 0.1) is 6.92 Å². The molecule has 1 aromatic carbocycles. The number of unbranched alkanes of at least 4 members (excludes halogenated alkanes) is 1. The van der Waals surface area contributed by atoms with E-state index in [1.165, 1.54) is 34.6 Å². The number of rotatable bonds is 10. The van der Waals surface area contributed by atoms with Crippen LogP contribution in [0.25, 0.3) is 21.8 Å². The molecule has 0 unspecified atom stereocenters. The highest BCUT2D eigenvalue weighted by Gasteiger charge is 2.14. The summed E-state index contributed by atoms with van der Waals surface area (Å²) in [6.45, 7) is 15.0. The molecule has 3 aromatic rings. The summed E-state index contributed by atoms with van der Waals surface area (Å²) < 4.78 is 2.47. The molecule has 0 bridgehead atoms. The maximum absolute atomic E-state index is 4.93. The highest BCUT2D eigenvalue weighted by Crippen LogP contribution is 2.31. The Hall–Kier alpha value is -1.62. The van der Waals surface area contributed by atoms with Crippen molar-refractivity contribution < 1.29 is 0 Å². The Kier molecular flexibility index (Phi) is 8.74. The van der Waals surface area contributed by atoms with E-state index in [4.69, 9.17) is 4.98 Å². The van der Waals surface area contributed by atoms with Crippen molar-refractivity contribution in [2.45, 2.75) is 53.6 Å². The lowest BCUT2D eigenvalue weighted by Gasteiger charge is -2.18. The number of pyridine rings is 1. The maximum atomic E-state index is 4.93. The van der Waals surface area contributed by atoms with Gasteiger partial charge in [0.1, 0.15) is 0 Å². The monoisotopic (exact) mass is 402 g/mol. The number of aromatic nitrogens is 2. The summed E-state index contributed by atoms with van der Waals surface area (Å²) in [6, 6.07) is 11.1. The molecule has 4 nitrogen and oxygen atoms in total. The van der Waals surface area contributed by atoms with E-state index in [-0.39, 0.29) is 12.4 Å². The van der Waals surface area contributed by atoms with E-state index in [1.54, 1.807) is 0 Å². The lowest BCUT2D eigenvalue weighted by Crippen LogP contribution is -2.31. The number of para-hydroxylation sites is 1. The SMILES string of the molecule is CCCCn1c2ccccc2c2cc(CNCCN(CC)CC)nc(C)c21.Cl. The first kappa shape index (κ1) is 22.7. The minimum atomic E-state index is 0. The van der Waals surface area contributed by atoms with Gasteiger partial charge in [0.25, 0.3) is 0 Å². The Morgan fingerprint density at radius 3 is 2.54 bits per heavy atom. The summed E-state index contributed by atoms with van der Waals surface area (Å²) in [6.07, 6.45) is 2.40. The van der Waals surface area contributed by atoms with Crippen molar-refractivity contribution in [2.24, 2.45) is 0 Å². The fraction of sp³-hybridized carbons (Fsp3) is 0.522. The van der Waals surface area contributed by atoms with Crippen LogP contribution < -0.4 is 5.32 Å². The molecule has 2 aromatic heterocycles. The van der Waals surface area contributed by atoms with Crippen molar-refractivity contribution in [3.05, 3.63) is 41.7 Å². The lowest BCUT2D eigenvalue weighted by molar-refractivity contribution is 0.302. The fourth-order valence-corrected chi connectivity index (χ4v) is 3.97. The second-order valence-corrected chi connectivity index (χ2v) is 7.32. The van der Waals surface area contributed by atoms with Gasteiger partial charge in [-0.15, -0.1) is 12.4 Å². The zero-order valence-corrected chi connectivity index (χ0v) is 18.6. The molecule has 0 aliphatic heterocycles. The average Bonchev–Trinajstić information content (AvgIpc) is 3.01. The van der Waals surface area contributed by atoms with Crippen molar-refractivity contribution in [3.63, 3.8) is 0 Å². The fourth-order valence-electron chi connectivity index (χ4n) is 3.97. The number of hydrogen-bond donors (Lipinski definition) is 1. The molecule has 2 heterocycles. The van der Waals surface area contributed by atoms with Crippen molar-refractivity contribution in [2.75, 3.05) is 26.2 Å². The number of aryl methyl sites for hydroxylation is 2. The third-order valence-electron chi connectivity index (χ3n) is 5.52. The van der Waals surface area contributed by atoms with Crippen LogP contribution in [0.4, 0.5) is 0 Å². The molecule has 1 N–H and O–H groups in total. The van der Waals surface area contributed by atoms with E-state index in [0.29, 0.717) is 0 Å². The second kappa shape index (κ2) is 10.8. The first-order chi connectivity index (χ1) is 13.2. The summed E-state index contributed by atoms with van der Waals surface area (Å²) in [5.74, 6) is 0. The van der Waals surface area contributed by atoms with E-state index in [9.17, 15) is 0 Å². The Bertz CT molecular complexity index is 883. The van der Waals surface area contributed by atoms with Gasteiger partial charge in [0.05, 0.1) is 16.9 Å². The number of hydrogen-bond acceptors (Lipinski definition) is 3. The molecule has 0 saturated heterocycles. The average molecular weight is 403 g/mol. The molecule has 0 aliphatic rings. The van der Waals surface area contributed by atoms with Gasteiger partial charge in [0, 0.05) is 42.5 Å². The minimum Gasteiger partial charge on any atom is -0.339 e. The van der Waals surface area contributed by atoms with E-state index < -0.39 is 0 Å². The highest BCUT2D eigenvalue weighted by atomic mass is 35.5. The predicted octanol–water partition coefficient (Wildman–Crippen LogP) is 5.15. The largest absolute Gasteiger partial charge is 0.339 e. The van der Waals surface area contributed by atoms with Gasteiger partial charge in [0.15, 0.2) is 0 Å². The molecule has 154 valence electrons. The van der Waals surface area contributed by atoms with E-state index in [0.717, 1.165) is 50.7 Å². The number of fused-ring (bicyclic) bond motifs is 3. The first-order valence-electron chi connectivity index (χ1n) is 10.5. The van der Waals surface area contributed by atoms with Crippen LogP contribution in [0.1, 0.15) is 45.0 Å². The normalized spacial score (nSPS) is 11.5. The Labute approximate surface area is 175 Å². The van der Waals surface area contributed by atoms with Crippen LogP contribution >= 0.6 is 12.4 Å². The van der Waals surface area contributed by atoms with E-state index >= 15 is 0 Å². The lowest BCUT2D eigenvalue weighted by atomic mass is 10.1. The van der Waals surface area contributed by atoms with Gasteiger partial charge in [-0.2, -0.15) is 0 Å². The summed E-state index contributed by atoms with van der Waals surface area (Å²) in [5.41, 5.74) is 4.91. The number of nitrogens with one attached hydrogen (secondary N) is 1. The van der Waals surface area contributed by atoms with Crippen molar-refractivity contribution in [1.82, 2.24) is 19.8 Å². The second-order valence-electron chi connectivity index (χ2n) is 7.32. The highest BCUT2D eigenvalue weighted by molar-refractivity contribution is 6.08. The molecule has 3 rings (SSSR count). The molecular formula is C23H35ClN4. The molecule has 0 atom stereocenters. The summed E-state index contributed by atoms with van der Waals surface area (Å²) in [5, 5.41) is 6.26. The van der Waals surface area contributed by atoms with Crippen LogP contribution in [-0.2, 0) is 13.1 Å². The third-order valence-corrected chi connectivity index (χ3v) is 5.52. The molecule has 0 amide bonds. The molecule has 0 radical (unpaired) electrons. The standard InChI is InChI=1S/C23H34N4.ClH/c1-5-8-14-27-22-12-10-9-11-20(22)21-16-19(25-18(4)23(21)27)17-24-13-15-26(6-2)7-3;/h9-12,16,24H,5-8,13-15,17H2,1-4H3;1H. The number of halogens is 1. The van der Waals surface area contributed by atoms with Crippen LogP contribution in [0.2, 0.25) is 0 Å². The van der Waals surface area contributed by atoms with Gasteiger partial charge in [-0.3, -0.25) is 4.98 Å². The summed E-state index contributed by atoms with van der Waals surface area (Å²) in [4.78, 5) is 7.37.